The third-order valence-electron chi connectivity index (χ3n) is 0.788. The molecular formula is C4H8N2O. The number of oxime groups is 1. The molecule has 0 aromatic heterocycles. The standard InChI is InChI=1S/C4H8N2O/c1-4-3-6(2)7-5-4/h3H2,1-2H3. The largest absolute Gasteiger partial charge is 0.297 e. The third-order valence-corrected chi connectivity index (χ3v) is 0.788. The van der Waals surface area contributed by atoms with Crippen LogP contribution in [0.3, 0.4) is 0 Å². The summed E-state index contributed by atoms with van der Waals surface area (Å²) in [6.07, 6.45) is 0. The molecule has 0 aromatic carbocycles. The number of hydrogen-bond donors (Lipinski definition) is 0. The molecule has 1 aliphatic heterocycles. The number of hydroxylamine groups is 2. The molecule has 0 bridgehead atoms. The van der Waals surface area contributed by atoms with E-state index in [0.717, 1.165) is 12.3 Å². The first kappa shape index (κ1) is 4.59. The van der Waals surface area contributed by atoms with Crippen molar-refractivity contribution in [2.75, 3.05) is 13.6 Å². The summed E-state index contributed by atoms with van der Waals surface area (Å²) in [5.74, 6) is 0. The first-order valence-electron chi connectivity index (χ1n) is 2.21. The molecule has 0 atom stereocenters. The van der Waals surface area contributed by atoms with Gasteiger partial charge in [0.1, 0.15) is 0 Å². The quantitative estimate of drug-likeness (QED) is 0.435. The lowest BCUT2D eigenvalue weighted by Gasteiger charge is -1.99. The molecule has 0 unspecified atom stereocenters. The summed E-state index contributed by atoms with van der Waals surface area (Å²) >= 11 is 0. The van der Waals surface area contributed by atoms with Crippen molar-refractivity contribution in [1.82, 2.24) is 5.06 Å². The Balaban J connectivity index is 2.42. The molecule has 0 aliphatic carbocycles. The molecule has 1 rings (SSSR count). The second-order valence-electron chi connectivity index (χ2n) is 1.69. The maximum atomic E-state index is 4.69. The van der Waals surface area contributed by atoms with Crippen molar-refractivity contribution < 1.29 is 4.94 Å². The molecular weight excluding hydrogens is 92.1 g/mol. The van der Waals surface area contributed by atoms with E-state index in [-0.39, 0.29) is 0 Å². The molecule has 3 heteroatoms. The fourth-order valence-corrected chi connectivity index (χ4v) is 0.519. The Morgan fingerprint density at radius 2 is 2.57 bits per heavy atom. The number of nitrogens with zero attached hydrogens (tertiary/aromatic N) is 2. The van der Waals surface area contributed by atoms with E-state index in [2.05, 4.69) is 10.1 Å². The van der Waals surface area contributed by atoms with Crippen LogP contribution in [0.5, 0.6) is 0 Å². The minimum atomic E-state index is 0.833. The van der Waals surface area contributed by atoms with Gasteiger partial charge in [-0.3, -0.25) is 4.94 Å². The smallest absolute Gasteiger partial charge is 0.0784 e. The highest BCUT2D eigenvalue weighted by Crippen LogP contribution is 1.96. The lowest BCUT2D eigenvalue weighted by Crippen LogP contribution is -2.14. The molecule has 40 valence electrons. The van der Waals surface area contributed by atoms with E-state index in [0.29, 0.717) is 0 Å². The summed E-state index contributed by atoms with van der Waals surface area (Å²) in [5, 5.41) is 5.34. The second kappa shape index (κ2) is 1.50. The zero-order valence-electron chi connectivity index (χ0n) is 4.51. The average molecular weight is 100 g/mol. The fourth-order valence-electron chi connectivity index (χ4n) is 0.519. The second-order valence-corrected chi connectivity index (χ2v) is 1.69. The van der Waals surface area contributed by atoms with E-state index in [9.17, 15) is 0 Å². The van der Waals surface area contributed by atoms with Crippen LogP contribution >= 0.6 is 0 Å². The molecule has 0 saturated carbocycles. The van der Waals surface area contributed by atoms with Crippen molar-refractivity contribution in [3.63, 3.8) is 0 Å². The van der Waals surface area contributed by atoms with Gasteiger partial charge in [-0.1, -0.05) is 5.16 Å². The number of rotatable bonds is 0. The van der Waals surface area contributed by atoms with Crippen LogP contribution in [0, 0.1) is 0 Å². The summed E-state index contributed by atoms with van der Waals surface area (Å²) in [6, 6.07) is 0. The van der Waals surface area contributed by atoms with E-state index < -0.39 is 0 Å². The van der Waals surface area contributed by atoms with Gasteiger partial charge in [-0.25, -0.2) is 0 Å². The lowest BCUT2D eigenvalue weighted by molar-refractivity contribution is -0.109. The fraction of sp³-hybridized carbons (Fsp3) is 0.750. The Hall–Kier alpha value is -0.570. The molecule has 1 heterocycles. The van der Waals surface area contributed by atoms with Crippen molar-refractivity contribution >= 4 is 5.71 Å². The van der Waals surface area contributed by atoms with Crippen LogP contribution in [-0.2, 0) is 4.94 Å². The molecule has 0 amide bonds. The van der Waals surface area contributed by atoms with Crippen molar-refractivity contribution in [2.45, 2.75) is 6.92 Å². The van der Waals surface area contributed by atoms with Crippen LogP contribution < -0.4 is 0 Å². The van der Waals surface area contributed by atoms with Gasteiger partial charge in [0.15, 0.2) is 0 Å². The average Bonchev–Trinajstić information content (AvgIpc) is 1.87. The van der Waals surface area contributed by atoms with E-state index in [4.69, 9.17) is 0 Å². The topological polar surface area (TPSA) is 24.8 Å². The van der Waals surface area contributed by atoms with Gasteiger partial charge in [0.05, 0.1) is 12.3 Å². The normalized spacial score (nSPS) is 21.7. The summed E-state index contributed by atoms with van der Waals surface area (Å²) in [6.45, 7) is 2.77. The molecule has 0 fully saturated rings. The first-order chi connectivity index (χ1) is 3.29. The predicted octanol–water partition coefficient (Wildman–Crippen LogP) is 0.239. The van der Waals surface area contributed by atoms with Crippen molar-refractivity contribution in [2.24, 2.45) is 5.16 Å². The highest BCUT2D eigenvalue weighted by Gasteiger charge is 2.06. The SMILES string of the molecule is CC1=NON(C)C1. The Morgan fingerprint density at radius 1 is 1.86 bits per heavy atom. The molecule has 0 saturated heterocycles. The molecule has 0 radical (unpaired) electrons. The molecule has 0 aromatic rings. The lowest BCUT2D eigenvalue weighted by atomic mass is 10.4. The van der Waals surface area contributed by atoms with E-state index >= 15 is 0 Å². The molecule has 3 nitrogen and oxygen atoms in total. The van der Waals surface area contributed by atoms with Crippen LogP contribution in [0.25, 0.3) is 0 Å². The van der Waals surface area contributed by atoms with Gasteiger partial charge in [-0.05, 0) is 6.92 Å². The molecule has 0 N–H and O–H groups in total. The van der Waals surface area contributed by atoms with Crippen LogP contribution in [0.15, 0.2) is 5.16 Å². The minimum Gasteiger partial charge on any atom is -0.297 e. The molecule has 7 heavy (non-hydrogen) atoms. The highest BCUT2D eigenvalue weighted by molar-refractivity contribution is 5.83. The minimum absolute atomic E-state index is 0.833. The highest BCUT2D eigenvalue weighted by atomic mass is 16.8. The predicted molar refractivity (Wildman–Crippen MR) is 26.8 cm³/mol. The summed E-state index contributed by atoms with van der Waals surface area (Å²) in [5.41, 5.74) is 1.03. The summed E-state index contributed by atoms with van der Waals surface area (Å²) in [4.78, 5) is 4.69. The maximum Gasteiger partial charge on any atom is 0.0784 e. The first-order valence-corrected chi connectivity index (χ1v) is 2.21. The van der Waals surface area contributed by atoms with Gasteiger partial charge in [0, 0.05) is 7.05 Å². The van der Waals surface area contributed by atoms with Gasteiger partial charge in [-0.2, -0.15) is 0 Å². The van der Waals surface area contributed by atoms with Crippen LogP contribution in [-0.4, -0.2) is 24.4 Å². The Labute approximate surface area is 42.5 Å². The van der Waals surface area contributed by atoms with Crippen molar-refractivity contribution in [3.8, 4) is 0 Å². The van der Waals surface area contributed by atoms with E-state index in [1.54, 1.807) is 5.06 Å². The van der Waals surface area contributed by atoms with Gasteiger partial charge in [0.2, 0.25) is 0 Å². The van der Waals surface area contributed by atoms with Crippen molar-refractivity contribution in [3.05, 3.63) is 0 Å². The third kappa shape index (κ3) is 0.899. The van der Waals surface area contributed by atoms with E-state index in [1.807, 2.05) is 14.0 Å². The van der Waals surface area contributed by atoms with Crippen LogP contribution in [0.1, 0.15) is 6.92 Å². The van der Waals surface area contributed by atoms with Crippen LogP contribution in [0.2, 0.25) is 0 Å². The van der Waals surface area contributed by atoms with Crippen molar-refractivity contribution in [1.29, 1.82) is 0 Å². The maximum absolute atomic E-state index is 4.69. The van der Waals surface area contributed by atoms with Gasteiger partial charge in [0.25, 0.3) is 0 Å². The zero-order chi connectivity index (χ0) is 5.28. The monoisotopic (exact) mass is 100 g/mol. The molecule has 1 aliphatic rings. The van der Waals surface area contributed by atoms with Gasteiger partial charge >= 0.3 is 0 Å². The van der Waals surface area contributed by atoms with Crippen LogP contribution in [0.4, 0.5) is 0 Å². The Bertz CT molecular complexity index is 99.9. The molecule has 0 spiro atoms. The Morgan fingerprint density at radius 3 is 2.71 bits per heavy atom. The summed E-state index contributed by atoms with van der Waals surface area (Å²) in [7, 11) is 1.85. The summed E-state index contributed by atoms with van der Waals surface area (Å²) < 4.78 is 0. The number of hydrogen-bond acceptors (Lipinski definition) is 3. The van der Waals surface area contributed by atoms with E-state index in [1.165, 1.54) is 0 Å². The van der Waals surface area contributed by atoms with Gasteiger partial charge in [-0.15, -0.1) is 5.06 Å². The zero-order valence-corrected chi connectivity index (χ0v) is 4.51. The Kier molecular flexibility index (Phi) is 0.982. The van der Waals surface area contributed by atoms with Gasteiger partial charge < -0.3 is 0 Å².